The Kier molecular flexibility index (Phi) is 5.36. The van der Waals surface area contributed by atoms with E-state index in [9.17, 15) is 4.79 Å². The molecule has 1 saturated heterocycles. The maximum absolute atomic E-state index is 12.1. The van der Waals surface area contributed by atoms with Crippen LogP contribution in [0, 0.1) is 0 Å². The highest BCUT2D eigenvalue weighted by atomic mass is 16.5. The molecule has 1 aliphatic rings. The second-order valence-corrected chi connectivity index (χ2v) is 5.47. The molecule has 5 nitrogen and oxygen atoms in total. The Morgan fingerprint density at radius 1 is 1.38 bits per heavy atom. The first kappa shape index (κ1) is 15.5. The number of nitrogens with zero attached hydrogens (tertiary/aromatic N) is 1. The number of nitrogens with one attached hydrogen (secondary N) is 2. The fourth-order valence-corrected chi connectivity index (χ4v) is 1.91. The molecule has 1 aromatic rings. The minimum absolute atomic E-state index is 0.0445. The van der Waals surface area contributed by atoms with E-state index in [2.05, 4.69) is 15.5 Å². The Morgan fingerprint density at radius 3 is 2.76 bits per heavy atom. The monoisotopic (exact) mass is 289 g/mol. The van der Waals surface area contributed by atoms with E-state index in [4.69, 9.17) is 4.74 Å². The predicted octanol–water partition coefficient (Wildman–Crippen LogP) is 1.49. The molecule has 1 aliphatic heterocycles. The molecule has 0 unspecified atom stereocenters. The van der Waals surface area contributed by atoms with Crippen LogP contribution in [0.4, 0.5) is 5.69 Å². The second-order valence-electron chi connectivity index (χ2n) is 5.47. The molecule has 2 N–H and O–H groups in total. The van der Waals surface area contributed by atoms with Crippen molar-refractivity contribution in [1.29, 1.82) is 0 Å². The van der Waals surface area contributed by atoms with Gasteiger partial charge in [0, 0.05) is 37.0 Å². The third kappa shape index (κ3) is 4.58. The Labute approximate surface area is 126 Å². The molecule has 0 aliphatic carbocycles. The van der Waals surface area contributed by atoms with Gasteiger partial charge in [0.1, 0.15) is 12.4 Å². The lowest BCUT2D eigenvalue weighted by molar-refractivity contribution is -0.112. The van der Waals surface area contributed by atoms with Gasteiger partial charge < -0.3 is 20.3 Å². The van der Waals surface area contributed by atoms with Gasteiger partial charge in [-0.3, -0.25) is 4.79 Å². The third-order valence-electron chi connectivity index (χ3n) is 3.45. The molecule has 2 rings (SSSR count). The first-order chi connectivity index (χ1) is 10.1. The number of ether oxygens (including phenoxy) is 1. The van der Waals surface area contributed by atoms with E-state index < -0.39 is 0 Å². The fraction of sp³-hybridized carbons (Fsp3) is 0.438. The lowest BCUT2D eigenvalue weighted by atomic mass is 10.0. The van der Waals surface area contributed by atoms with E-state index in [1.807, 2.05) is 45.3 Å². The van der Waals surface area contributed by atoms with Crippen molar-refractivity contribution in [2.24, 2.45) is 0 Å². The maximum atomic E-state index is 12.1. The van der Waals surface area contributed by atoms with Crippen LogP contribution >= 0.6 is 0 Å². The van der Waals surface area contributed by atoms with Crippen LogP contribution in [-0.2, 0) is 4.79 Å². The van der Waals surface area contributed by atoms with Crippen molar-refractivity contribution >= 4 is 11.6 Å². The summed E-state index contributed by atoms with van der Waals surface area (Å²) in [7, 11) is 4.01. The third-order valence-corrected chi connectivity index (χ3v) is 3.45. The van der Waals surface area contributed by atoms with Crippen LogP contribution in [0.3, 0.4) is 0 Å². The highest BCUT2D eigenvalue weighted by Gasteiger charge is 2.16. The van der Waals surface area contributed by atoms with E-state index in [0.717, 1.165) is 36.6 Å². The van der Waals surface area contributed by atoms with Crippen molar-refractivity contribution in [3.63, 3.8) is 0 Å². The summed E-state index contributed by atoms with van der Waals surface area (Å²) in [5.74, 6) is 0.724. The summed E-state index contributed by atoms with van der Waals surface area (Å²) in [4.78, 5) is 14.2. The molecule has 5 heteroatoms. The molecule has 0 radical (unpaired) electrons. The number of hydrogen-bond acceptors (Lipinski definition) is 4. The molecule has 1 fully saturated rings. The minimum atomic E-state index is -0.0445. The fourth-order valence-electron chi connectivity index (χ4n) is 1.91. The van der Waals surface area contributed by atoms with Crippen LogP contribution < -0.4 is 15.4 Å². The second kappa shape index (κ2) is 7.24. The number of carbonyl (C=O) groups excluding carboxylic acids is 1. The standard InChI is InChI=1S/C16H23N3O2/c1-12(13-10-17-11-13)16(20)18-14-5-4-6-15(9-14)21-8-7-19(2)3/h4-6,9,17H,7-8,10-11H2,1-3H3,(H,18,20). The molecule has 21 heavy (non-hydrogen) atoms. The van der Waals surface area contributed by atoms with Crippen LogP contribution in [-0.4, -0.2) is 51.1 Å². The molecule has 0 atom stereocenters. The first-order valence-corrected chi connectivity index (χ1v) is 7.14. The van der Waals surface area contributed by atoms with Crippen molar-refractivity contribution in [3.05, 3.63) is 35.4 Å². The van der Waals surface area contributed by atoms with E-state index in [0.29, 0.717) is 6.61 Å². The summed E-state index contributed by atoms with van der Waals surface area (Å²) in [6, 6.07) is 7.50. The molecule has 1 heterocycles. The number of carbonyl (C=O) groups is 1. The van der Waals surface area contributed by atoms with Crippen molar-refractivity contribution < 1.29 is 9.53 Å². The summed E-state index contributed by atoms with van der Waals surface area (Å²) < 4.78 is 5.66. The average Bonchev–Trinajstić information content (AvgIpc) is 2.36. The van der Waals surface area contributed by atoms with Crippen molar-refractivity contribution in [1.82, 2.24) is 10.2 Å². The van der Waals surface area contributed by atoms with Gasteiger partial charge in [-0.05, 0) is 38.7 Å². The lowest BCUT2D eigenvalue weighted by Crippen LogP contribution is -2.36. The number of likely N-dealkylation sites (N-methyl/N-ethyl adjacent to an activating group) is 1. The van der Waals surface area contributed by atoms with E-state index in [-0.39, 0.29) is 5.91 Å². The van der Waals surface area contributed by atoms with E-state index >= 15 is 0 Å². The summed E-state index contributed by atoms with van der Waals surface area (Å²) in [5.41, 5.74) is 2.73. The summed E-state index contributed by atoms with van der Waals surface area (Å²) in [5, 5.41) is 6.06. The van der Waals surface area contributed by atoms with Crippen LogP contribution in [0.25, 0.3) is 0 Å². The number of hydrogen-bond donors (Lipinski definition) is 2. The first-order valence-electron chi connectivity index (χ1n) is 7.14. The van der Waals surface area contributed by atoms with Crippen LogP contribution in [0.15, 0.2) is 35.4 Å². The highest BCUT2D eigenvalue weighted by Crippen LogP contribution is 2.19. The van der Waals surface area contributed by atoms with Gasteiger partial charge in [0.25, 0.3) is 5.91 Å². The van der Waals surface area contributed by atoms with Gasteiger partial charge in [-0.2, -0.15) is 0 Å². The summed E-state index contributed by atoms with van der Waals surface area (Å²) in [6.45, 7) is 4.97. The molecule has 114 valence electrons. The predicted molar refractivity (Wildman–Crippen MR) is 84.7 cm³/mol. The van der Waals surface area contributed by atoms with E-state index in [1.54, 1.807) is 0 Å². The molecule has 1 amide bonds. The molecule has 0 spiro atoms. The molecule has 0 bridgehead atoms. The Balaban J connectivity index is 1.93. The maximum Gasteiger partial charge on any atom is 0.251 e. The summed E-state index contributed by atoms with van der Waals surface area (Å²) >= 11 is 0. The Hall–Kier alpha value is -1.85. The van der Waals surface area contributed by atoms with Crippen molar-refractivity contribution in [3.8, 4) is 5.75 Å². The number of benzene rings is 1. The number of amides is 1. The largest absolute Gasteiger partial charge is 0.492 e. The minimum Gasteiger partial charge on any atom is -0.492 e. The quantitative estimate of drug-likeness (QED) is 0.779. The highest BCUT2D eigenvalue weighted by molar-refractivity contribution is 6.04. The van der Waals surface area contributed by atoms with Crippen molar-refractivity contribution in [2.45, 2.75) is 6.92 Å². The Morgan fingerprint density at radius 2 is 2.14 bits per heavy atom. The smallest absolute Gasteiger partial charge is 0.251 e. The van der Waals surface area contributed by atoms with Crippen LogP contribution in [0.1, 0.15) is 6.92 Å². The van der Waals surface area contributed by atoms with Gasteiger partial charge in [-0.15, -0.1) is 0 Å². The van der Waals surface area contributed by atoms with Crippen LogP contribution in [0.5, 0.6) is 5.75 Å². The zero-order valence-electron chi connectivity index (χ0n) is 12.9. The number of rotatable bonds is 6. The van der Waals surface area contributed by atoms with Gasteiger partial charge in [0.05, 0.1) is 0 Å². The normalized spacial score (nSPS) is 13.8. The van der Waals surface area contributed by atoms with E-state index in [1.165, 1.54) is 5.57 Å². The van der Waals surface area contributed by atoms with Crippen molar-refractivity contribution in [2.75, 3.05) is 45.7 Å². The van der Waals surface area contributed by atoms with Gasteiger partial charge in [-0.25, -0.2) is 0 Å². The topological polar surface area (TPSA) is 53.6 Å². The Bertz CT molecular complexity index is 532. The summed E-state index contributed by atoms with van der Waals surface area (Å²) in [6.07, 6.45) is 0. The van der Waals surface area contributed by atoms with Gasteiger partial charge in [0.15, 0.2) is 0 Å². The van der Waals surface area contributed by atoms with Gasteiger partial charge in [0.2, 0.25) is 0 Å². The zero-order chi connectivity index (χ0) is 15.2. The van der Waals surface area contributed by atoms with Crippen LogP contribution in [0.2, 0.25) is 0 Å². The van der Waals surface area contributed by atoms with Gasteiger partial charge >= 0.3 is 0 Å². The van der Waals surface area contributed by atoms with Gasteiger partial charge in [-0.1, -0.05) is 6.07 Å². The lowest BCUT2D eigenvalue weighted by Gasteiger charge is -2.21. The molecular formula is C16H23N3O2. The SMILES string of the molecule is CC(C(=O)Nc1cccc(OCCN(C)C)c1)=C1CNC1. The zero-order valence-corrected chi connectivity index (χ0v) is 12.9. The molecule has 0 aromatic heterocycles. The average molecular weight is 289 g/mol. The number of anilines is 1. The molecular weight excluding hydrogens is 266 g/mol. The molecule has 1 aromatic carbocycles. The molecule has 0 saturated carbocycles.